The molecule has 2 aromatic carbocycles. The SMILES string of the molecule is C#CCn1c(=NC(=O)C2CCCN(S(=O)(=O)c3ccccc3)C2)sc2cc3c(cc21)OCO3. The number of rotatable bonds is 4. The van der Waals surface area contributed by atoms with E-state index in [0.29, 0.717) is 35.7 Å². The predicted octanol–water partition coefficient (Wildman–Crippen LogP) is 2.59. The van der Waals surface area contributed by atoms with E-state index >= 15 is 0 Å². The average Bonchev–Trinajstić information content (AvgIpc) is 3.42. The summed E-state index contributed by atoms with van der Waals surface area (Å²) in [5, 5.41) is 0. The van der Waals surface area contributed by atoms with Crippen LogP contribution in [-0.2, 0) is 21.4 Å². The molecule has 1 unspecified atom stereocenters. The molecule has 33 heavy (non-hydrogen) atoms. The summed E-state index contributed by atoms with van der Waals surface area (Å²) in [5.74, 6) is 3.01. The van der Waals surface area contributed by atoms with Crippen LogP contribution in [-0.4, -0.2) is 43.1 Å². The minimum atomic E-state index is -3.66. The lowest BCUT2D eigenvalue weighted by Gasteiger charge is -2.30. The molecule has 0 radical (unpaired) electrons. The highest BCUT2D eigenvalue weighted by Gasteiger charge is 2.33. The van der Waals surface area contributed by atoms with Crippen molar-refractivity contribution in [3.05, 3.63) is 47.3 Å². The van der Waals surface area contributed by atoms with E-state index in [1.165, 1.54) is 15.6 Å². The highest BCUT2D eigenvalue weighted by atomic mass is 32.2. The Bertz CT molecular complexity index is 1430. The molecule has 5 rings (SSSR count). The Morgan fingerprint density at radius 1 is 1.21 bits per heavy atom. The van der Waals surface area contributed by atoms with Crippen molar-refractivity contribution in [2.45, 2.75) is 24.3 Å². The second-order valence-electron chi connectivity index (χ2n) is 7.81. The van der Waals surface area contributed by atoms with Gasteiger partial charge in [-0.2, -0.15) is 9.30 Å². The fourth-order valence-corrected chi connectivity index (χ4v) is 6.67. The molecule has 3 aromatic rings. The Morgan fingerprint density at radius 3 is 2.73 bits per heavy atom. The molecule has 2 aliphatic rings. The smallest absolute Gasteiger partial charge is 0.252 e. The summed E-state index contributed by atoms with van der Waals surface area (Å²) >= 11 is 1.34. The van der Waals surface area contributed by atoms with Crippen LogP contribution in [0, 0.1) is 18.3 Å². The van der Waals surface area contributed by atoms with Gasteiger partial charge in [0.25, 0.3) is 5.91 Å². The van der Waals surface area contributed by atoms with Crippen LogP contribution in [0.1, 0.15) is 12.8 Å². The van der Waals surface area contributed by atoms with Crippen molar-refractivity contribution in [3.63, 3.8) is 0 Å². The van der Waals surface area contributed by atoms with Crippen LogP contribution in [0.2, 0.25) is 0 Å². The zero-order valence-corrected chi connectivity index (χ0v) is 19.3. The summed E-state index contributed by atoms with van der Waals surface area (Å²) in [6.45, 7) is 0.897. The number of carbonyl (C=O) groups excluding carboxylic acids is 1. The van der Waals surface area contributed by atoms with Gasteiger partial charge in [0.05, 0.1) is 27.6 Å². The van der Waals surface area contributed by atoms with Crippen molar-refractivity contribution in [2.24, 2.45) is 10.9 Å². The highest BCUT2D eigenvalue weighted by molar-refractivity contribution is 7.89. The molecule has 3 heterocycles. The molecule has 8 nitrogen and oxygen atoms in total. The zero-order chi connectivity index (χ0) is 23.0. The van der Waals surface area contributed by atoms with E-state index in [-0.39, 0.29) is 30.7 Å². The molecule has 1 saturated heterocycles. The van der Waals surface area contributed by atoms with Crippen LogP contribution in [0.5, 0.6) is 11.5 Å². The van der Waals surface area contributed by atoms with Gasteiger partial charge >= 0.3 is 0 Å². The number of hydrogen-bond acceptors (Lipinski definition) is 6. The number of amides is 1. The van der Waals surface area contributed by atoms with E-state index in [2.05, 4.69) is 10.9 Å². The molecule has 10 heteroatoms. The van der Waals surface area contributed by atoms with Gasteiger partial charge in [0.15, 0.2) is 16.3 Å². The Morgan fingerprint density at radius 2 is 1.97 bits per heavy atom. The van der Waals surface area contributed by atoms with Gasteiger partial charge in [0, 0.05) is 25.2 Å². The summed E-state index contributed by atoms with van der Waals surface area (Å²) in [6.07, 6.45) is 6.74. The monoisotopic (exact) mass is 483 g/mol. The predicted molar refractivity (Wildman–Crippen MR) is 123 cm³/mol. The number of sulfonamides is 1. The fourth-order valence-electron chi connectivity index (χ4n) is 4.08. The molecular weight excluding hydrogens is 462 g/mol. The van der Waals surface area contributed by atoms with Crippen molar-refractivity contribution >= 4 is 37.5 Å². The standard InChI is InChI=1S/C23H21N3O5S2/c1-2-10-26-18-12-19-20(31-15-30-19)13-21(18)32-23(26)24-22(27)16-7-6-11-25(14-16)33(28,29)17-8-4-3-5-9-17/h1,3-5,8-9,12-13,16H,6-7,10-11,14-15H2. The Labute approximate surface area is 195 Å². The number of fused-ring (bicyclic) bond motifs is 2. The maximum absolute atomic E-state index is 13.1. The van der Waals surface area contributed by atoms with E-state index in [0.717, 1.165) is 10.2 Å². The maximum Gasteiger partial charge on any atom is 0.252 e. The minimum Gasteiger partial charge on any atom is -0.454 e. The number of thiazole rings is 1. The maximum atomic E-state index is 13.1. The first kappa shape index (κ1) is 21.7. The van der Waals surface area contributed by atoms with Gasteiger partial charge in [0.1, 0.15) is 0 Å². The third-order valence-corrected chi connectivity index (χ3v) is 8.67. The number of hydrogen-bond donors (Lipinski definition) is 0. The van der Waals surface area contributed by atoms with E-state index in [1.54, 1.807) is 34.9 Å². The van der Waals surface area contributed by atoms with Gasteiger partial charge < -0.3 is 14.0 Å². The van der Waals surface area contributed by atoms with Crippen molar-refractivity contribution in [3.8, 4) is 23.8 Å². The Balaban J connectivity index is 1.46. The Hall–Kier alpha value is -3.13. The number of ether oxygens (including phenoxy) is 2. The summed E-state index contributed by atoms with van der Waals surface area (Å²) in [7, 11) is -3.66. The largest absolute Gasteiger partial charge is 0.454 e. The third kappa shape index (κ3) is 4.04. The van der Waals surface area contributed by atoms with Crippen LogP contribution in [0.3, 0.4) is 0 Å². The second-order valence-corrected chi connectivity index (χ2v) is 10.8. The topological polar surface area (TPSA) is 90.2 Å². The molecule has 0 spiro atoms. The lowest BCUT2D eigenvalue weighted by molar-refractivity contribution is -0.122. The molecule has 1 aromatic heterocycles. The summed E-state index contributed by atoms with van der Waals surface area (Å²) < 4.78 is 41.0. The molecule has 1 fully saturated rings. The van der Waals surface area contributed by atoms with E-state index in [9.17, 15) is 13.2 Å². The average molecular weight is 484 g/mol. The van der Waals surface area contributed by atoms with Crippen molar-refractivity contribution in [2.75, 3.05) is 19.9 Å². The van der Waals surface area contributed by atoms with Gasteiger partial charge in [0.2, 0.25) is 16.8 Å². The first-order valence-corrected chi connectivity index (χ1v) is 12.7. The van der Waals surface area contributed by atoms with Gasteiger partial charge in [-0.25, -0.2) is 8.42 Å². The van der Waals surface area contributed by atoms with Crippen molar-refractivity contribution in [1.29, 1.82) is 0 Å². The third-order valence-electron chi connectivity index (χ3n) is 5.75. The normalized spacial score (nSPS) is 19.0. The van der Waals surface area contributed by atoms with Crippen LogP contribution in [0.4, 0.5) is 0 Å². The highest BCUT2D eigenvalue weighted by Crippen LogP contribution is 2.37. The zero-order valence-electron chi connectivity index (χ0n) is 17.6. The van der Waals surface area contributed by atoms with Gasteiger partial charge in [-0.1, -0.05) is 35.5 Å². The van der Waals surface area contributed by atoms with Gasteiger partial charge in [-0.3, -0.25) is 4.79 Å². The lowest BCUT2D eigenvalue weighted by Crippen LogP contribution is -2.42. The van der Waals surface area contributed by atoms with E-state index < -0.39 is 15.9 Å². The van der Waals surface area contributed by atoms with Crippen molar-refractivity contribution < 1.29 is 22.7 Å². The van der Waals surface area contributed by atoms with Gasteiger partial charge in [-0.15, -0.1) is 6.42 Å². The number of piperidine rings is 1. The number of terminal acetylenes is 1. The lowest BCUT2D eigenvalue weighted by atomic mass is 9.99. The van der Waals surface area contributed by atoms with Crippen LogP contribution in [0.25, 0.3) is 10.2 Å². The molecule has 170 valence electrons. The molecule has 1 atom stereocenters. The van der Waals surface area contributed by atoms with Crippen LogP contribution >= 0.6 is 11.3 Å². The first-order chi connectivity index (χ1) is 16.0. The molecule has 0 bridgehead atoms. The number of aromatic nitrogens is 1. The van der Waals surface area contributed by atoms with Crippen molar-refractivity contribution in [1.82, 2.24) is 8.87 Å². The summed E-state index contributed by atoms with van der Waals surface area (Å²) in [4.78, 5) is 18.2. The summed E-state index contributed by atoms with van der Waals surface area (Å²) in [6, 6.07) is 12.0. The molecule has 0 aliphatic carbocycles. The van der Waals surface area contributed by atoms with E-state index in [1.807, 2.05) is 12.1 Å². The number of nitrogens with zero attached hydrogens (tertiary/aromatic N) is 3. The number of benzene rings is 2. The quantitative estimate of drug-likeness (QED) is 0.532. The fraction of sp³-hybridized carbons (Fsp3) is 0.304. The first-order valence-electron chi connectivity index (χ1n) is 10.5. The number of carbonyl (C=O) groups is 1. The summed E-state index contributed by atoms with van der Waals surface area (Å²) in [5.41, 5.74) is 0.811. The minimum absolute atomic E-state index is 0.107. The molecule has 1 amide bonds. The second kappa shape index (κ2) is 8.67. The molecular formula is C23H21N3O5S2. The Kier molecular flexibility index (Phi) is 5.70. The van der Waals surface area contributed by atoms with E-state index in [4.69, 9.17) is 15.9 Å². The molecule has 2 aliphatic heterocycles. The molecule has 0 N–H and O–H groups in total. The van der Waals surface area contributed by atoms with Gasteiger partial charge in [-0.05, 0) is 25.0 Å². The van der Waals surface area contributed by atoms with Crippen LogP contribution in [0.15, 0.2) is 52.4 Å². The van der Waals surface area contributed by atoms with Crippen LogP contribution < -0.4 is 14.3 Å². The molecule has 0 saturated carbocycles.